The van der Waals surface area contributed by atoms with Crippen molar-refractivity contribution in [3.8, 4) is 0 Å². The Labute approximate surface area is 216 Å². The fourth-order valence-electron chi connectivity index (χ4n) is 3.61. The Morgan fingerprint density at radius 1 is 1.25 bits per heavy atom. The number of aliphatic hydroxyl groups is 2. The average Bonchev–Trinajstić information content (AvgIpc) is 2.77. The molecule has 0 spiro atoms. The number of carbonyl (C=O) groups excluding carboxylic acids is 3. The van der Waals surface area contributed by atoms with Gasteiger partial charge in [0.25, 0.3) is 0 Å². The van der Waals surface area contributed by atoms with Crippen molar-refractivity contribution in [1.29, 1.82) is 0 Å². The first kappa shape index (κ1) is 32.2. The Hall–Kier alpha value is -1.85. The molecule has 9 nitrogen and oxygen atoms in total. The van der Waals surface area contributed by atoms with E-state index in [9.17, 15) is 24.6 Å². The zero-order chi connectivity index (χ0) is 27.9. The van der Waals surface area contributed by atoms with Gasteiger partial charge in [-0.1, -0.05) is 47.6 Å². The lowest BCUT2D eigenvalue weighted by Crippen LogP contribution is -2.62. The number of carbonyl (C=O) groups is 3. The number of hydrogen-bond donors (Lipinski definition) is 2. The smallest absolute Gasteiger partial charge is 0.330 e. The summed E-state index contributed by atoms with van der Waals surface area (Å²) >= 11 is 0. The van der Waals surface area contributed by atoms with Crippen molar-refractivity contribution in [2.45, 2.75) is 103 Å². The standard InChI is InChI=1S/C26H44O9Si/c1-10-21(29)34-23-18(15-22(30)32-7)14-20(35-26(23,31)25(5,6)12-11-13-27)16-19(28)17-33-36(8,9)24(2,3)4/h11-13,15,19-20,23,28,31H,10,14,16-17H2,1-9H3/b12-11+,18-15+/t19-,20+,23+,26-/m1/s1. The molecule has 10 heteroatoms. The number of ether oxygens (including phenoxy) is 3. The predicted molar refractivity (Wildman–Crippen MR) is 137 cm³/mol. The number of allylic oxidation sites excluding steroid dienone is 1. The zero-order valence-corrected chi connectivity index (χ0v) is 24.1. The second-order valence-corrected chi connectivity index (χ2v) is 16.1. The van der Waals surface area contributed by atoms with Crippen molar-refractivity contribution in [2.75, 3.05) is 13.7 Å². The van der Waals surface area contributed by atoms with E-state index in [1.165, 1.54) is 25.3 Å². The molecule has 0 saturated carbocycles. The van der Waals surface area contributed by atoms with E-state index in [2.05, 4.69) is 33.9 Å². The molecule has 1 saturated heterocycles. The first-order valence-electron chi connectivity index (χ1n) is 12.3. The molecule has 0 radical (unpaired) electrons. The molecule has 0 aromatic carbocycles. The van der Waals surface area contributed by atoms with Crippen molar-refractivity contribution < 1.29 is 43.2 Å². The maximum Gasteiger partial charge on any atom is 0.330 e. The lowest BCUT2D eigenvalue weighted by atomic mass is 9.74. The van der Waals surface area contributed by atoms with Crippen LogP contribution in [0.2, 0.25) is 18.1 Å². The van der Waals surface area contributed by atoms with E-state index in [-0.39, 0.29) is 36.5 Å². The molecule has 1 aliphatic heterocycles. The molecule has 1 fully saturated rings. The Morgan fingerprint density at radius 3 is 2.36 bits per heavy atom. The van der Waals surface area contributed by atoms with Crippen LogP contribution in [0.4, 0.5) is 0 Å². The molecule has 0 aromatic heterocycles. The minimum absolute atomic E-state index is 0.0317. The highest BCUT2D eigenvalue weighted by Crippen LogP contribution is 2.46. The van der Waals surface area contributed by atoms with Crippen LogP contribution in [-0.4, -0.2) is 74.6 Å². The summed E-state index contributed by atoms with van der Waals surface area (Å²) in [6.07, 6.45) is 1.64. The zero-order valence-electron chi connectivity index (χ0n) is 23.1. The average molecular weight is 529 g/mol. The summed E-state index contributed by atoms with van der Waals surface area (Å²) in [6, 6.07) is 0. The van der Waals surface area contributed by atoms with Crippen LogP contribution in [0.1, 0.15) is 60.8 Å². The van der Waals surface area contributed by atoms with E-state index in [1.54, 1.807) is 20.8 Å². The molecule has 0 unspecified atom stereocenters. The van der Waals surface area contributed by atoms with Gasteiger partial charge in [-0.3, -0.25) is 9.59 Å². The van der Waals surface area contributed by atoms with E-state index in [4.69, 9.17) is 18.6 Å². The number of rotatable bonds is 11. The summed E-state index contributed by atoms with van der Waals surface area (Å²) in [5.74, 6) is -3.44. The number of hydrogen-bond acceptors (Lipinski definition) is 9. The van der Waals surface area contributed by atoms with Crippen LogP contribution in [0.3, 0.4) is 0 Å². The molecule has 36 heavy (non-hydrogen) atoms. The van der Waals surface area contributed by atoms with Gasteiger partial charge in [-0.2, -0.15) is 0 Å². The van der Waals surface area contributed by atoms with Gasteiger partial charge in [0.2, 0.25) is 5.79 Å². The third-order valence-electron chi connectivity index (χ3n) is 7.04. The molecule has 0 aliphatic carbocycles. The maximum absolute atomic E-state index is 12.3. The van der Waals surface area contributed by atoms with Gasteiger partial charge in [-0.15, -0.1) is 0 Å². The predicted octanol–water partition coefficient (Wildman–Crippen LogP) is 3.44. The van der Waals surface area contributed by atoms with Gasteiger partial charge in [0, 0.05) is 24.3 Å². The second-order valence-electron chi connectivity index (χ2n) is 11.3. The minimum Gasteiger partial charge on any atom is -0.466 e. The molecular weight excluding hydrogens is 484 g/mol. The number of aliphatic hydroxyl groups excluding tert-OH is 1. The number of methoxy groups -OCH3 is 1. The molecular formula is C26H44O9Si. The summed E-state index contributed by atoms with van der Waals surface area (Å²) in [4.78, 5) is 35.4. The molecule has 1 aliphatic rings. The highest BCUT2D eigenvalue weighted by molar-refractivity contribution is 6.74. The third-order valence-corrected chi connectivity index (χ3v) is 11.5. The van der Waals surface area contributed by atoms with Crippen LogP contribution < -0.4 is 0 Å². The third kappa shape index (κ3) is 8.07. The van der Waals surface area contributed by atoms with Crippen LogP contribution in [0.5, 0.6) is 0 Å². The van der Waals surface area contributed by atoms with E-state index >= 15 is 0 Å². The van der Waals surface area contributed by atoms with E-state index in [1.807, 2.05) is 0 Å². The summed E-state index contributed by atoms with van der Waals surface area (Å²) < 4.78 is 22.6. The van der Waals surface area contributed by atoms with Gasteiger partial charge in [-0.05, 0) is 36.2 Å². The van der Waals surface area contributed by atoms with Crippen molar-refractivity contribution in [1.82, 2.24) is 0 Å². The van der Waals surface area contributed by atoms with Crippen molar-refractivity contribution in [3.63, 3.8) is 0 Å². The highest BCUT2D eigenvalue weighted by atomic mass is 28.4. The minimum atomic E-state index is -2.15. The largest absolute Gasteiger partial charge is 0.466 e. The van der Waals surface area contributed by atoms with Gasteiger partial charge in [0.15, 0.2) is 14.4 Å². The second kappa shape index (κ2) is 12.6. The highest BCUT2D eigenvalue weighted by Gasteiger charge is 2.57. The van der Waals surface area contributed by atoms with Gasteiger partial charge in [0.05, 0.1) is 25.9 Å². The van der Waals surface area contributed by atoms with Gasteiger partial charge >= 0.3 is 11.9 Å². The molecule has 1 heterocycles. The summed E-state index contributed by atoms with van der Waals surface area (Å²) in [7, 11) is -0.887. The molecule has 0 bridgehead atoms. The number of aldehydes is 1. The number of esters is 2. The van der Waals surface area contributed by atoms with E-state index in [0.717, 1.165) is 0 Å². The monoisotopic (exact) mass is 528 g/mol. The van der Waals surface area contributed by atoms with Gasteiger partial charge < -0.3 is 28.8 Å². The van der Waals surface area contributed by atoms with E-state index < -0.39 is 49.8 Å². The fourth-order valence-corrected chi connectivity index (χ4v) is 4.65. The Balaban J connectivity index is 3.37. The summed E-state index contributed by atoms with van der Waals surface area (Å²) in [5.41, 5.74) is -0.948. The summed E-state index contributed by atoms with van der Waals surface area (Å²) in [5, 5.41) is 22.6. The first-order chi connectivity index (χ1) is 16.4. The lowest BCUT2D eigenvalue weighted by Gasteiger charge is -2.50. The molecule has 0 aromatic rings. The van der Waals surface area contributed by atoms with Crippen molar-refractivity contribution >= 4 is 26.5 Å². The summed E-state index contributed by atoms with van der Waals surface area (Å²) in [6.45, 7) is 15.4. The van der Waals surface area contributed by atoms with Gasteiger partial charge in [0.1, 0.15) is 6.29 Å². The molecule has 1 rings (SSSR count). The van der Waals surface area contributed by atoms with Crippen molar-refractivity contribution in [3.05, 3.63) is 23.8 Å². The van der Waals surface area contributed by atoms with E-state index in [0.29, 0.717) is 6.29 Å². The van der Waals surface area contributed by atoms with Crippen LogP contribution >= 0.6 is 0 Å². The van der Waals surface area contributed by atoms with Crippen molar-refractivity contribution in [2.24, 2.45) is 5.41 Å². The first-order valence-corrected chi connectivity index (χ1v) is 15.2. The van der Waals surface area contributed by atoms with Gasteiger partial charge in [-0.25, -0.2) is 4.79 Å². The Kier molecular flexibility index (Phi) is 11.3. The Bertz CT molecular complexity index is 841. The van der Waals surface area contributed by atoms with Crippen LogP contribution in [0, 0.1) is 5.41 Å². The Morgan fingerprint density at radius 2 is 1.86 bits per heavy atom. The van der Waals surface area contributed by atoms with Crippen LogP contribution in [0.15, 0.2) is 23.8 Å². The normalized spacial score (nSPS) is 25.6. The molecule has 4 atom stereocenters. The SMILES string of the molecule is CCC(=O)O[C@H]1/C(=C/C(=O)OC)C[C@@H](C[C@@H](O)CO[Si](C)(C)C(C)(C)C)O[C@@]1(O)C(C)(C)/C=C/C=O. The van der Waals surface area contributed by atoms with Crippen LogP contribution in [-0.2, 0) is 33.0 Å². The topological polar surface area (TPSA) is 129 Å². The molecule has 2 N–H and O–H groups in total. The fraction of sp³-hybridized carbons (Fsp3) is 0.731. The molecule has 206 valence electrons. The lowest BCUT2D eigenvalue weighted by molar-refractivity contribution is -0.327. The quantitative estimate of drug-likeness (QED) is 0.179. The van der Waals surface area contributed by atoms with Crippen LogP contribution in [0.25, 0.3) is 0 Å². The maximum atomic E-state index is 12.3. The molecule has 0 amide bonds.